The van der Waals surface area contributed by atoms with Gasteiger partial charge in [-0.25, -0.2) is 0 Å². The van der Waals surface area contributed by atoms with E-state index in [2.05, 4.69) is 22.2 Å². The molecule has 0 aromatic carbocycles. The molecule has 1 aromatic rings. The number of nitrogens with one attached hydrogen (secondary N) is 1. The Labute approximate surface area is 123 Å². The van der Waals surface area contributed by atoms with Crippen molar-refractivity contribution in [2.75, 3.05) is 18.1 Å². The normalized spacial score (nSPS) is 12.3. The lowest BCUT2D eigenvalue weighted by Gasteiger charge is -2.10. The quantitative estimate of drug-likeness (QED) is 0.344. The van der Waals surface area contributed by atoms with Crippen molar-refractivity contribution in [1.29, 1.82) is 5.26 Å². The molecule has 0 spiro atoms. The minimum absolute atomic E-state index is 0.301. The van der Waals surface area contributed by atoms with Gasteiger partial charge in [-0.3, -0.25) is 0 Å². The Morgan fingerprint density at radius 3 is 2.90 bits per heavy atom. The van der Waals surface area contributed by atoms with E-state index < -0.39 is 11.2 Å². The van der Waals surface area contributed by atoms with E-state index in [4.69, 9.17) is 5.26 Å². The lowest BCUT2D eigenvalue weighted by Crippen LogP contribution is -2.10. The standard InChI is InChI=1S/C14H20N4OS/c1-3-4-5-6-10-16-13-12(8-7-9-15)11-17-14(18-13)20(2)19/h7-8,11H,3-6,10H2,1-2H3,(H,16,17,18)/b8-7+. The van der Waals surface area contributed by atoms with Crippen molar-refractivity contribution in [3.05, 3.63) is 17.8 Å². The van der Waals surface area contributed by atoms with E-state index >= 15 is 0 Å². The van der Waals surface area contributed by atoms with E-state index in [9.17, 15) is 4.55 Å². The maximum absolute atomic E-state index is 11.4. The highest BCUT2D eigenvalue weighted by atomic mass is 32.2. The zero-order valence-electron chi connectivity index (χ0n) is 11.9. The van der Waals surface area contributed by atoms with Crippen molar-refractivity contribution in [1.82, 2.24) is 9.97 Å². The van der Waals surface area contributed by atoms with Crippen LogP contribution in [-0.4, -0.2) is 27.3 Å². The first kappa shape index (κ1) is 16.5. The van der Waals surface area contributed by atoms with E-state index in [0.29, 0.717) is 11.0 Å². The highest BCUT2D eigenvalue weighted by molar-refractivity contribution is 7.90. The predicted octanol–water partition coefficient (Wildman–Crippen LogP) is 2.74. The Morgan fingerprint density at radius 1 is 1.45 bits per heavy atom. The number of hydrogen-bond donors (Lipinski definition) is 1. The van der Waals surface area contributed by atoms with Gasteiger partial charge in [-0.1, -0.05) is 26.2 Å². The second kappa shape index (κ2) is 9.34. The van der Waals surface area contributed by atoms with Gasteiger partial charge in [0.25, 0.3) is 0 Å². The molecule has 1 rings (SSSR count). The fourth-order valence-corrected chi connectivity index (χ4v) is 2.08. The molecule has 108 valence electrons. The lowest BCUT2D eigenvalue weighted by atomic mass is 10.2. The fraction of sp³-hybridized carbons (Fsp3) is 0.500. The van der Waals surface area contributed by atoms with Crippen LogP contribution in [0, 0.1) is 11.3 Å². The summed E-state index contributed by atoms with van der Waals surface area (Å²) in [5.41, 5.74) is 0.733. The van der Waals surface area contributed by atoms with Gasteiger partial charge in [0.15, 0.2) is 0 Å². The molecule has 0 aliphatic heterocycles. The van der Waals surface area contributed by atoms with Crippen molar-refractivity contribution in [3.63, 3.8) is 0 Å². The monoisotopic (exact) mass is 292 g/mol. The largest absolute Gasteiger partial charge is 0.609 e. The highest BCUT2D eigenvalue weighted by Gasteiger charge is 2.11. The van der Waals surface area contributed by atoms with Gasteiger partial charge in [0.2, 0.25) is 0 Å². The van der Waals surface area contributed by atoms with Crippen molar-refractivity contribution < 1.29 is 4.55 Å². The smallest absolute Gasteiger partial charge is 0.344 e. The molecule has 0 bridgehead atoms. The van der Waals surface area contributed by atoms with E-state index in [1.165, 1.54) is 25.3 Å². The number of unbranched alkanes of at least 4 members (excludes halogenated alkanes) is 3. The average molecular weight is 292 g/mol. The average Bonchev–Trinajstić information content (AvgIpc) is 2.45. The molecule has 0 aliphatic carbocycles. The van der Waals surface area contributed by atoms with Crippen LogP contribution >= 0.6 is 0 Å². The summed E-state index contributed by atoms with van der Waals surface area (Å²) in [4.78, 5) is 8.30. The summed E-state index contributed by atoms with van der Waals surface area (Å²) in [5, 5.41) is 12.1. The zero-order chi connectivity index (χ0) is 14.8. The molecule has 0 saturated carbocycles. The van der Waals surface area contributed by atoms with E-state index in [0.717, 1.165) is 18.5 Å². The first-order valence-corrected chi connectivity index (χ1v) is 8.25. The molecule has 1 heterocycles. The van der Waals surface area contributed by atoms with Crippen LogP contribution in [0.25, 0.3) is 6.08 Å². The molecule has 1 unspecified atom stereocenters. The zero-order valence-corrected chi connectivity index (χ0v) is 12.7. The summed E-state index contributed by atoms with van der Waals surface area (Å²) in [6, 6.07) is 1.94. The molecule has 5 nitrogen and oxygen atoms in total. The number of nitrogens with zero attached hydrogens (tertiary/aromatic N) is 3. The minimum atomic E-state index is -1.21. The highest BCUT2D eigenvalue weighted by Crippen LogP contribution is 2.16. The molecule has 0 amide bonds. The van der Waals surface area contributed by atoms with Crippen molar-refractivity contribution in [2.45, 2.75) is 37.8 Å². The Bertz CT molecular complexity index is 483. The van der Waals surface area contributed by atoms with Gasteiger partial charge in [0.05, 0.1) is 6.07 Å². The molecule has 0 radical (unpaired) electrons. The first-order chi connectivity index (χ1) is 9.69. The number of anilines is 1. The van der Waals surface area contributed by atoms with Gasteiger partial charge in [-0.2, -0.15) is 15.2 Å². The second-order valence-corrected chi connectivity index (χ2v) is 5.63. The van der Waals surface area contributed by atoms with E-state index in [1.807, 2.05) is 6.07 Å². The molecule has 20 heavy (non-hydrogen) atoms. The van der Waals surface area contributed by atoms with Crippen LogP contribution in [0.4, 0.5) is 5.82 Å². The maximum Gasteiger partial charge on any atom is 0.344 e. The molecule has 0 fully saturated rings. The third-order valence-corrected chi connectivity index (χ3v) is 3.42. The lowest BCUT2D eigenvalue weighted by molar-refractivity contribution is 0.592. The summed E-state index contributed by atoms with van der Waals surface area (Å²) in [6.07, 6.45) is 10.8. The molecule has 0 aliphatic rings. The van der Waals surface area contributed by atoms with Gasteiger partial charge >= 0.3 is 5.16 Å². The van der Waals surface area contributed by atoms with Crippen LogP contribution in [0.15, 0.2) is 17.4 Å². The van der Waals surface area contributed by atoms with Crippen LogP contribution < -0.4 is 5.32 Å². The van der Waals surface area contributed by atoms with Gasteiger partial charge in [-0.05, 0) is 12.5 Å². The molecule has 1 N–H and O–H groups in total. The number of nitriles is 1. The van der Waals surface area contributed by atoms with Gasteiger partial charge in [0.1, 0.15) is 12.1 Å². The summed E-state index contributed by atoms with van der Waals surface area (Å²) >= 11 is -1.21. The minimum Gasteiger partial charge on any atom is -0.609 e. The summed E-state index contributed by atoms with van der Waals surface area (Å²) in [5.74, 6) is 0.633. The molecule has 6 heteroatoms. The maximum atomic E-state index is 11.4. The van der Waals surface area contributed by atoms with Crippen LogP contribution in [0.5, 0.6) is 0 Å². The number of aromatic nitrogens is 2. The van der Waals surface area contributed by atoms with Gasteiger partial charge in [-0.15, -0.1) is 0 Å². The third-order valence-electron chi connectivity index (χ3n) is 2.71. The fourth-order valence-electron chi connectivity index (χ4n) is 1.66. The summed E-state index contributed by atoms with van der Waals surface area (Å²) in [7, 11) is 0. The van der Waals surface area contributed by atoms with Crippen molar-refractivity contribution >= 4 is 23.1 Å². The summed E-state index contributed by atoms with van der Waals surface area (Å²) < 4.78 is 11.4. The van der Waals surface area contributed by atoms with E-state index in [-0.39, 0.29) is 0 Å². The molecule has 1 atom stereocenters. The Balaban J connectivity index is 2.75. The molecule has 1 aromatic heterocycles. The van der Waals surface area contributed by atoms with Crippen molar-refractivity contribution in [3.8, 4) is 6.07 Å². The second-order valence-electron chi connectivity index (χ2n) is 4.36. The van der Waals surface area contributed by atoms with Gasteiger partial charge in [0, 0.05) is 35.6 Å². The number of hydrogen-bond acceptors (Lipinski definition) is 5. The Hall–Kier alpha value is -1.58. The van der Waals surface area contributed by atoms with Crippen LogP contribution in [0.3, 0.4) is 0 Å². The van der Waals surface area contributed by atoms with Crippen LogP contribution in [-0.2, 0) is 11.2 Å². The van der Waals surface area contributed by atoms with Gasteiger partial charge < -0.3 is 9.87 Å². The molecular weight excluding hydrogens is 272 g/mol. The molecular formula is C14H20N4OS. The number of allylic oxidation sites excluding steroid dienone is 1. The summed E-state index contributed by atoms with van der Waals surface area (Å²) in [6.45, 7) is 2.98. The molecule has 0 saturated heterocycles. The van der Waals surface area contributed by atoms with E-state index in [1.54, 1.807) is 18.5 Å². The SMILES string of the molecule is CCCCCCNc1nc([S+](C)[O-])ncc1/C=C/C#N. The topological polar surface area (TPSA) is 84.7 Å². The Morgan fingerprint density at radius 2 is 2.25 bits per heavy atom. The van der Waals surface area contributed by atoms with Crippen LogP contribution in [0.1, 0.15) is 38.2 Å². The Kier molecular flexibility index (Phi) is 7.70. The van der Waals surface area contributed by atoms with Crippen molar-refractivity contribution in [2.24, 2.45) is 0 Å². The first-order valence-electron chi connectivity index (χ1n) is 6.69. The van der Waals surface area contributed by atoms with Crippen LogP contribution in [0.2, 0.25) is 0 Å². The third kappa shape index (κ3) is 5.59. The number of rotatable bonds is 8. The predicted molar refractivity (Wildman–Crippen MR) is 81.6 cm³/mol.